The maximum absolute atomic E-state index is 13.0. The largest absolute Gasteiger partial charge is 0.478 e. The minimum absolute atomic E-state index is 0.00903. The summed E-state index contributed by atoms with van der Waals surface area (Å²) >= 11 is 0. The summed E-state index contributed by atoms with van der Waals surface area (Å²) in [5.41, 5.74) is 2.09. The number of furan rings is 1. The molecule has 1 aliphatic rings. The fourth-order valence-corrected chi connectivity index (χ4v) is 3.45. The molecule has 1 aromatic carbocycles. The highest BCUT2D eigenvalue weighted by Gasteiger charge is 2.39. The molecule has 5 heteroatoms. The van der Waals surface area contributed by atoms with Gasteiger partial charge in [-0.25, -0.2) is 4.79 Å². The van der Waals surface area contributed by atoms with Crippen LogP contribution in [0.5, 0.6) is 0 Å². The highest BCUT2D eigenvalue weighted by atomic mass is 16.4. The van der Waals surface area contributed by atoms with Gasteiger partial charge in [0.2, 0.25) is 0 Å². The molecular weight excluding hydrogens is 318 g/mol. The Morgan fingerprint density at radius 1 is 1.28 bits per heavy atom. The number of fused-ring (bicyclic) bond motifs is 1. The van der Waals surface area contributed by atoms with Crippen LogP contribution < -0.4 is 4.90 Å². The van der Waals surface area contributed by atoms with Crippen LogP contribution in [0.3, 0.4) is 0 Å². The molecule has 2 heterocycles. The van der Waals surface area contributed by atoms with Crippen molar-refractivity contribution in [2.45, 2.75) is 40.0 Å². The molecule has 2 aromatic rings. The van der Waals surface area contributed by atoms with Crippen molar-refractivity contribution in [1.29, 1.82) is 0 Å². The maximum Gasteiger partial charge on any atom is 0.339 e. The molecule has 5 nitrogen and oxygen atoms in total. The van der Waals surface area contributed by atoms with Crippen molar-refractivity contribution in [2.75, 3.05) is 11.4 Å². The van der Waals surface area contributed by atoms with Crippen molar-refractivity contribution in [3.63, 3.8) is 0 Å². The maximum atomic E-state index is 13.0. The van der Waals surface area contributed by atoms with Crippen molar-refractivity contribution in [3.05, 3.63) is 53.0 Å². The van der Waals surface area contributed by atoms with Crippen molar-refractivity contribution < 1.29 is 19.1 Å². The van der Waals surface area contributed by atoms with Crippen LogP contribution in [0.1, 0.15) is 65.8 Å². The summed E-state index contributed by atoms with van der Waals surface area (Å²) in [7, 11) is 0. The van der Waals surface area contributed by atoms with E-state index in [0.29, 0.717) is 18.7 Å². The van der Waals surface area contributed by atoms with Crippen LogP contribution in [-0.4, -0.2) is 23.5 Å². The summed E-state index contributed by atoms with van der Waals surface area (Å²) in [5, 5.41) is 9.28. The number of carboxylic acids is 1. The van der Waals surface area contributed by atoms with Crippen LogP contribution >= 0.6 is 0 Å². The van der Waals surface area contributed by atoms with E-state index in [2.05, 4.69) is 26.8 Å². The number of carbonyl (C=O) groups is 2. The van der Waals surface area contributed by atoms with Crippen LogP contribution in [0, 0.1) is 5.41 Å². The molecule has 0 radical (unpaired) electrons. The van der Waals surface area contributed by atoms with E-state index in [0.717, 1.165) is 11.3 Å². The number of rotatable bonds is 3. The first-order chi connectivity index (χ1) is 11.7. The van der Waals surface area contributed by atoms with Gasteiger partial charge in [0, 0.05) is 30.6 Å². The minimum atomic E-state index is -1.07. The predicted octanol–water partition coefficient (Wildman–Crippen LogP) is 4.33. The molecule has 0 saturated heterocycles. The van der Waals surface area contributed by atoms with Gasteiger partial charge >= 0.3 is 5.97 Å². The van der Waals surface area contributed by atoms with E-state index in [4.69, 9.17) is 4.42 Å². The fourth-order valence-electron chi connectivity index (χ4n) is 3.45. The van der Waals surface area contributed by atoms with Gasteiger partial charge in [0.1, 0.15) is 11.3 Å². The Morgan fingerprint density at radius 3 is 2.52 bits per heavy atom. The van der Waals surface area contributed by atoms with Crippen LogP contribution in [0.4, 0.5) is 5.69 Å². The number of anilines is 1. The molecule has 1 unspecified atom stereocenters. The van der Waals surface area contributed by atoms with Crippen molar-refractivity contribution >= 4 is 17.6 Å². The topological polar surface area (TPSA) is 70.8 Å². The highest BCUT2D eigenvalue weighted by Crippen LogP contribution is 2.46. The summed E-state index contributed by atoms with van der Waals surface area (Å²) < 4.78 is 5.56. The number of aromatic carboxylic acids is 1. The van der Waals surface area contributed by atoms with Gasteiger partial charge in [0.25, 0.3) is 5.91 Å². The Kier molecular flexibility index (Phi) is 4.19. The van der Waals surface area contributed by atoms with Gasteiger partial charge in [-0.05, 0) is 17.0 Å². The monoisotopic (exact) mass is 341 g/mol. The van der Waals surface area contributed by atoms with E-state index in [1.807, 2.05) is 18.2 Å². The van der Waals surface area contributed by atoms with Crippen LogP contribution in [-0.2, 0) is 6.42 Å². The van der Waals surface area contributed by atoms with Gasteiger partial charge in [0.15, 0.2) is 5.76 Å². The molecule has 0 spiro atoms. The van der Waals surface area contributed by atoms with Gasteiger partial charge in [0.05, 0.1) is 0 Å². The van der Waals surface area contributed by atoms with Crippen molar-refractivity contribution in [2.24, 2.45) is 5.41 Å². The number of carboxylic acid groups (broad SMARTS) is 1. The van der Waals surface area contributed by atoms with Gasteiger partial charge in [-0.15, -0.1) is 0 Å². The minimum Gasteiger partial charge on any atom is -0.478 e. The lowest BCUT2D eigenvalue weighted by Gasteiger charge is -2.27. The standard InChI is InChI=1S/C20H23NO4/c1-5-16-13(19(23)24)10-17(25-16)18(22)21-11-14(20(2,3)4)12-8-6-7-9-15(12)21/h6-10,14H,5,11H2,1-4H3,(H,23,24). The number of hydrogen-bond acceptors (Lipinski definition) is 3. The third-order valence-corrected chi connectivity index (χ3v) is 4.83. The van der Waals surface area contributed by atoms with E-state index in [-0.39, 0.29) is 28.6 Å². The molecular formula is C20H23NO4. The lowest BCUT2D eigenvalue weighted by molar-refractivity contribution is 0.0694. The normalized spacial score (nSPS) is 16.8. The number of carbonyl (C=O) groups excluding carboxylic acids is 1. The Hall–Kier alpha value is -2.56. The van der Waals surface area contributed by atoms with Gasteiger partial charge in [-0.2, -0.15) is 0 Å². The van der Waals surface area contributed by atoms with Crippen molar-refractivity contribution in [1.82, 2.24) is 0 Å². The quantitative estimate of drug-likeness (QED) is 0.902. The number of nitrogens with zero attached hydrogens (tertiary/aromatic N) is 1. The summed E-state index contributed by atoms with van der Waals surface area (Å²) in [6.07, 6.45) is 0.427. The van der Waals surface area contributed by atoms with Gasteiger partial charge in [-0.3, -0.25) is 4.79 Å². The Balaban J connectivity index is 2.00. The average Bonchev–Trinajstić information content (AvgIpc) is 3.15. The van der Waals surface area contributed by atoms with E-state index >= 15 is 0 Å². The molecule has 1 amide bonds. The average molecular weight is 341 g/mol. The second-order valence-electron chi connectivity index (χ2n) is 7.50. The van der Waals surface area contributed by atoms with Crippen LogP contribution in [0.2, 0.25) is 0 Å². The molecule has 3 rings (SSSR count). The first kappa shape index (κ1) is 17.3. The molecule has 1 atom stereocenters. The second kappa shape index (κ2) is 6.06. The molecule has 0 bridgehead atoms. The van der Waals surface area contributed by atoms with E-state index in [9.17, 15) is 14.7 Å². The van der Waals surface area contributed by atoms with E-state index in [1.54, 1.807) is 11.8 Å². The van der Waals surface area contributed by atoms with Gasteiger partial charge in [-0.1, -0.05) is 45.9 Å². The number of para-hydroxylation sites is 1. The Bertz CT molecular complexity index is 828. The van der Waals surface area contributed by atoms with Crippen molar-refractivity contribution in [3.8, 4) is 0 Å². The first-order valence-electron chi connectivity index (χ1n) is 8.50. The van der Waals surface area contributed by atoms with Crippen LogP contribution in [0.25, 0.3) is 0 Å². The third-order valence-electron chi connectivity index (χ3n) is 4.83. The molecule has 132 valence electrons. The Morgan fingerprint density at radius 2 is 1.96 bits per heavy atom. The lowest BCUT2D eigenvalue weighted by Crippen LogP contribution is -2.32. The molecule has 1 aliphatic heterocycles. The SMILES string of the molecule is CCc1oc(C(=O)N2CC(C(C)(C)C)c3ccccc32)cc1C(=O)O. The third kappa shape index (κ3) is 2.95. The smallest absolute Gasteiger partial charge is 0.339 e. The first-order valence-corrected chi connectivity index (χ1v) is 8.50. The summed E-state index contributed by atoms with van der Waals surface area (Å²) in [6.45, 7) is 8.85. The number of amides is 1. The number of aryl methyl sites for hydroxylation is 1. The number of benzene rings is 1. The molecule has 25 heavy (non-hydrogen) atoms. The Labute approximate surface area is 147 Å². The fraction of sp³-hybridized carbons (Fsp3) is 0.400. The molecule has 0 fully saturated rings. The lowest BCUT2D eigenvalue weighted by atomic mass is 9.78. The molecule has 0 aliphatic carbocycles. The summed E-state index contributed by atoms with van der Waals surface area (Å²) in [5.74, 6) is -0.739. The van der Waals surface area contributed by atoms with Gasteiger partial charge < -0.3 is 14.4 Å². The summed E-state index contributed by atoms with van der Waals surface area (Å²) in [4.78, 5) is 26.1. The zero-order valence-electron chi connectivity index (χ0n) is 15.0. The second-order valence-corrected chi connectivity index (χ2v) is 7.50. The molecule has 1 aromatic heterocycles. The number of hydrogen-bond donors (Lipinski definition) is 1. The zero-order chi connectivity index (χ0) is 18.4. The molecule has 0 saturated carbocycles. The molecule has 1 N–H and O–H groups in total. The predicted molar refractivity (Wildman–Crippen MR) is 95.4 cm³/mol. The highest BCUT2D eigenvalue weighted by molar-refractivity contribution is 6.07. The van der Waals surface area contributed by atoms with E-state index in [1.165, 1.54) is 6.07 Å². The zero-order valence-corrected chi connectivity index (χ0v) is 15.0. The summed E-state index contributed by atoms with van der Waals surface area (Å²) in [6, 6.07) is 9.22. The van der Waals surface area contributed by atoms with Crippen LogP contribution in [0.15, 0.2) is 34.7 Å². The van der Waals surface area contributed by atoms with E-state index < -0.39 is 5.97 Å².